The summed E-state index contributed by atoms with van der Waals surface area (Å²) < 4.78 is 5.59. The second-order valence-corrected chi connectivity index (χ2v) is 11.9. The Morgan fingerprint density at radius 3 is 1.54 bits per heavy atom. The van der Waals surface area contributed by atoms with Crippen LogP contribution in [0, 0.1) is 6.20 Å². The summed E-state index contributed by atoms with van der Waals surface area (Å²) in [5, 5.41) is 14.0. The van der Waals surface area contributed by atoms with Crippen LogP contribution in [-0.2, 0) is 17.8 Å². The van der Waals surface area contributed by atoms with Gasteiger partial charge < -0.3 is 9.63 Å². The Morgan fingerprint density at radius 1 is 0.893 bits per heavy atom. The molecule has 0 unspecified atom stereocenters. The van der Waals surface area contributed by atoms with E-state index < -0.39 is 5.95 Å². The molecule has 0 aliphatic rings. The van der Waals surface area contributed by atoms with Gasteiger partial charge in [-0.3, -0.25) is 0 Å². The van der Waals surface area contributed by atoms with E-state index in [1.807, 2.05) is 36.0 Å². The third-order valence-corrected chi connectivity index (χ3v) is 9.45. The van der Waals surface area contributed by atoms with Crippen molar-refractivity contribution in [2.45, 2.75) is 41.5 Å². The minimum atomic E-state index is -0.571. The molecule has 4 nitrogen and oxygen atoms in total. The largest absolute Gasteiger partial charge is 0.560 e. The third kappa shape index (κ3) is 15.1. The van der Waals surface area contributed by atoms with Gasteiger partial charge in [-0.05, 0) is 37.0 Å². The Bertz CT molecular complexity index is 531. The maximum absolute atomic E-state index is 10.6. The maximum Gasteiger partial charge on any atom is 0.109 e. The molecule has 164 valence electrons. The summed E-state index contributed by atoms with van der Waals surface area (Å²) in [6.07, 6.45) is 10.9. The van der Waals surface area contributed by atoms with Gasteiger partial charge in [0.25, 0.3) is 0 Å². The smallest absolute Gasteiger partial charge is 0.109 e. The molecule has 0 fully saturated rings. The minimum absolute atomic E-state index is 0.446. The topological polar surface area (TPSA) is 53.0 Å². The van der Waals surface area contributed by atoms with Gasteiger partial charge in [-0.2, -0.15) is 4.68 Å². The molecule has 8 heteroatoms. The van der Waals surface area contributed by atoms with E-state index in [1.54, 1.807) is 12.1 Å². The predicted octanol–water partition coefficient (Wildman–Crippen LogP) is 5.72. The number of hydrogen-bond donors (Lipinski definition) is 0. The average molecular weight is 672 g/mol. The molecule has 0 N–H and O–H groups in total. The normalized spacial score (nSPS) is 9.68. The van der Waals surface area contributed by atoms with Gasteiger partial charge in [-0.25, -0.2) is 0 Å². The van der Waals surface area contributed by atoms with Crippen molar-refractivity contribution in [2.75, 3.05) is 37.0 Å². The van der Waals surface area contributed by atoms with E-state index in [2.05, 4.69) is 70.8 Å². The fourth-order valence-electron chi connectivity index (χ4n) is 2.23. The fraction of sp³-hybridized carbons (Fsp3) is 0.600. The van der Waals surface area contributed by atoms with Crippen molar-refractivity contribution >= 4 is 29.1 Å². The first-order chi connectivity index (χ1) is 13.6. The summed E-state index contributed by atoms with van der Waals surface area (Å²) in [5.41, 5.74) is 0.753. The van der Waals surface area contributed by atoms with Gasteiger partial charge in [0.2, 0.25) is 0 Å². The van der Waals surface area contributed by atoms with Crippen molar-refractivity contribution in [2.24, 2.45) is 0 Å². The third-order valence-electron chi connectivity index (χ3n) is 4.09. The van der Waals surface area contributed by atoms with E-state index in [4.69, 9.17) is 0 Å². The van der Waals surface area contributed by atoms with Crippen LogP contribution in [0.2, 0.25) is 0 Å². The van der Waals surface area contributed by atoms with E-state index in [-0.39, 0.29) is 0 Å². The maximum atomic E-state index is 10.6. The number of rotatable bonds is 7. The first kappa shape index (κ1) is 30.4. The molecule has 0 atom stereocenters. The standard InChI is InChI=1S/C8H6N2O2.2C6H15P.BrH.Pt/c11-8-6-10(9-12-8)7-4-2-1-3-5-7;2*1-4-7(5-2)6-3;;/h1-5,11H;2*4-6H2,1-3H3;1H;/q;;;;+2/p-2. The van der Waals surface area contributed by atoms with Gasteiger partial charge in [0.05, 0.1) is 11.6 Å². The van der Waals surface area contributed by atoms with Crippen LogP contribution < -0.4 is 9.79 Å². The van der Waals surface area contributed by atoms with Crippen LogP contribution in [0.5, 0.6) is 5.95 Å². The van der Waals surface area contributed by atoms with Gasteiger partial charge in [0.1, 0.15) is 6.20 Å². The predicted molar refractivity (Wildman–Crippen MR) is 122 cm³/mol. The van der Waals surface area contributed by atoms with Gasteiger partial charge >= 0.3 is 31.1 Å². The zero-order chi connectivity index (χ0) is 21.8. The van der Waals surface area contributed by atoms with Crippen LogP contribution in [0.25, 0.3) is 5.69 Å². The molecule has 0 saturated heterocycles. The molecule has 0 bridgehead atoms. The monoisotopic (exact) mass is 671 g/mol. The Labute approximate surface area is 192 Å². The Kier molecular flexibility index (Phi) is 23.7. The van der Waals surface area contributed by atoms with Crippen molar-refractivity contribution in [3.63, 3.8) is 0 Å². The van der Waals surface area contributed by atoms with Crippen LogP contribution in [0.1, 0.15) is 41.5 Å². The van der Waals surface area contributed by atoms with Crippen molar-refractivity contribution in [1.29, 1.82) is 0 Å². The van der Waals surface area contributed by atoms with E-state index in [0.29, 0.717) is 15.8 Å². The SMILES string of the molecule is CCP(CC)CC.CCP(CC)CC.[Br][Pt+].[O-]c1[c-][n+](-c2ccccc2)no1. The second kappa shape index (κ2) is 21.9. The van der Waals surface area contributed by atoms with E-state index in [1.165, 1.54) is 41.7 Å². The average Bonchev–Trinajstić information content (AvgIpc) is 3.20. The molecule has 2 aromatic rings. The number of aromatic nitrogens is 2. The molecule has 28 heavy (non-hydrogen) atoms. The molecular weight excluding hydrogens is 637 g/mol. The number of nitrogens with zero attached hydrogens (tertiary/aromatic N) is 2. The van der Waals surface area contributed by atoms with Crippen LogP contribution in [0.4, 0.5) is 0 Å². The zero-order valence-corrected chi connectivity index (χ0v) is 23.6. The summed E-state index contributed by atoms with van der Waals surface area (Å²) in [6, 6.07) is 9.17. The van der Waals surface area contributed by atoms with Gasteiger partial charge in [-0.1, -0.05) is 71.9 Å². The van der Waals surface area contributed by atoms with Crippen LogP contribution in [0.3, 0.4) is 0 Å². The fourth-order valence-corrected chi connectivity index (χ4v) is 4.91. The quantitative estimate of drug-likeness (QED) is 0.215. The van der Waals surface area contributed by atoms with Crippen molar-refractivity contribution < 1.29 is 32.1 Å². The van der Waals surface area contributed by atoms with E-state index in [0.717, 1.165) is 5.69 Å². The first-order valence-electron chi connectivity index (χ1n) is 9.66. The Balaban J connectivity index is 0. The molecule has 0 saturated carbocycles. The molecule has 2 rings (SSSR count). The number of hydrogen-bond acceptors (Lipinski definition) is 3. The molecule has 1 aromatic carbocycles. The summed E-state index contributed by atoms with van der Waals surface area (Å²) >= 11 is 4.86. The summed E-state index contributed by atoms with van der Waals surface area (Å²) in [7, 11) is 0.892. The molecular formula is C20H35BrN2O2P2Pt. The molecule has 0 radical (unpaired) electrons. The molecule has 0 aliphatic heterocycles. The Morgan fingerprint density at radius 2 is 1.29 bits per heavy atom. The zero-order valence-electron chi connectivity index (χ0n) is 17.9. The minimum Gasteiger partial charge on any atom is -0.560 e. The van der Waals surface area contributed by atoms with Gasteiger partial charge in [0.15, 0.2) is 0 Å². The molecule has 1 heterocycles. The van der Waals surface area contributed by atoms with Crippen LogP contribution >= 0.6 is 29.1 Å². The summed E-state index contributed by atoms with van der Waals surface area (Å²) in [5.74, 6) is -0.571. The van der Waals surface area contributed by atoms with Crippen LogP contribution in [-0.4, -0.2) is 42.2 Å². The summed E-state index contributed by atoms with van der Waals surface area (Å²) in [4.78, 5) is 0. The second-order valence-electron chi connectivity index (χ2n) is 5.46. The van der Waals surface area contributed by atoms with E-state index >= 15 is 0 Å². The molecule has 1 aromatic heterocycles. The number of para-hydroxylation sites is 1. The van der Waals surface area contributed by atoms with Gasteiger partial charge in [-0.15, -0.1) is 15.8 Å². The van der Waals surface area contributed by atoms with Crippen molar-refractivity contribution in [3.05, 3.63) is 36.5 Å². The number of halogens is 1. The Hall–Kier alpha value is 0.188. The molecule has 0 amide bonds. The molecule has 0 spiro atoms. The molecule has 0 aliphatic carbocycles. The summed E-state index contributed by atoms with van der Waals surface area (Å²) in [6.45, 7) is 13.7. The number of benzene rings is 1. The van der Waals surface area contributed by atoms with Gasteiger partial charge in [0, 0.05) is 5.27 Å². The first-order valence-corrected chi connectivity index (χ1v) is 18.4. The van der Waals surface area contributed by atoms with Crippen molar-refractivity contribution in [1.82, 2.24) is 5.27 Å². The van der Waals surface area contributed by atoms with Crippen molar-refractivity contribution in [3.8, 4) is 11.6 Å². The van der Waals surface area contributed by atoms with E-state index in [9.17, 15) is 5.11 Å². The van der Waals surface area contributed by atoms with Crippen LogP contribution in [0.15, 0.2) is 34.9 Å².